The van der Waals surface area contributed by atoms with Gasteiger partial charge < -0.3 is 19.6 Å². The van der Waals surface area contributed by atoms with E-state index >= 15 is 0 Å². The van der Waals surface area contributed by atoms with Gasteiger partial charge in [0.1, 0.15) is 11.5 Å². The van der Waals surface area contributed by atoms with Crippen LogP contribution >= 0.6 is 0 Å². The summed E-state index contributed by atoms with van der Waals surface area (Å²) in [6, 6.07) is 8.37. The van der Waals surface area contributed by atoms with Crippen LogP contribution < -0.4 is 14.6 Å². The molecule has 3 N–H and O–H groups in total. The first-order chi connectivity index (χ1) is 15.7. The van der Waals surface area contributed by atoms with Crippen molar-refractivity contribution < 1.29 is 29.3 Å². The van der Waals surface area contributed by atoms with Gasteiger partial charge in [-0.1, -0.05) is 13.8 Å². The van der Waals surface area contributed by atoms with Crippen molar-refractivity contribution in [2.45, 2.75) is 33.2 Å². The molecule has 7 nitrogen and oxygen atoms in total. The molecular formula is C26H35N3O4+2. The summed E-state index contributed by atoms with van der Waals surface area (Å²) in [5.41, 5.74) is 2.22. The molecule has 1 aliphatic heterocycles. The molecule has 0 aliphatic carbocycles. The maximum Gasteiger partial charge on any atom is 0.295 e. The van der Waals surface area contributed by atoms with Crippen LogP contribution in [0.5, 0.6) is 5.75 Å². The number of carbonyl (C=O) groups is 2. The van der Waals surface area contributed by atoms with Gasteiger partial charge >= 0.3 is 0 Å². The fourth-order valence-electron chi connectivity index (χ4n) is 4.01. The lowest BCUT2D eigenvalue weighted by atomic mass is 9.95. The summed E-state index contributed by atoms with van der Waals surface area (Å²) in [4.78, 5) is 31.9. The number of hydrogen-bond acceptors (Lipinski definition) is 4. The Morgan fingerprint density at radius 2 is 2.00 bits per heavy atom. The number of carbonyl (C=O) groups excluding carboxylic acids is 2. The topological polar surface area (TPSA) is 85.4 Å². The van der Waals surface area contributed by atoms with E-state index in [0.717, 1.165) is 29.8 Å². The minimum Gasteiger partial charge on any atom is -0.507 e. The first-order valence-corrected chi connectivity index (χ1v) is 11.5. The molecule has 1 aliphatic rings. The number of nitrogens with one attached hydrogen (secondary N) is 2. The Morgan fingerprint density at radius 3 is 2.61 bits per heavy atom. The third-order valence-corrected chi connectivity index (χ3v) is 5.68. The first kappa shape index (κ1) is 24.5. The molecule has 1 atom stereocenters. The summed E-state index contributed by atoms with van der Waals surface area (Å²) in [5.74, 6) is -0.267. The van der Waals surface area contributed by atoms with Gasteiger partial charge in [-0.25, -0.2) is 4.98 Å². The summed E-state index contributed by atoms with van der Waals surface area (Å²) in [6.45, 7) is 7.96. The average molecular weight is 454 g/mol. The lowest BCUT2D eigenvalue weighted by Crippen LogP contribution is -3.05. The largest absolute Gasteiger partial charge is 0.507 e. The summed E-state index contributed by atoms with van der Waals surface area (Å²) in [7, 11) is 4.10. The van der Waals surface area contributed by atoms with E-state index in [1.165, 1.54) is 4.90 Å². The quantitative estimate of drug-likeness (QED) is 0.345. The van der Waals surface area contributed by atoms with Crippen molar-refractivity contribution in [1.29, 1.82) is 0 Å². The van der Waals surface area contributed by atoms with Crippen molar-refractivity contribution in [3.05, 3.63) is 65.0 Å². The van der Waals surface area contributed by atoms with E-state index < -0.39 is 17.7 Å². The molecule has 0 saturated carbocycles. The van der Waals surface area contributed by atoms with E-state index in [2.05, 4.69) is 32.9 Å². The van der Waals surface area contributed by atoms with E-state index in [1.54, 1.807) is 35.5 Å². The third-order valence-electron chi connectivity index (χ3n) is 5.68. The smallest absolute Gasteiger partial charge is 0.295 e. The number of aromatic nitrogens is 1. The monoisotopic (exact) mass is 453 g/mol. The number of quaternary nitrogens is 1. The molecule has 7 heteroatoms. The van der Waals surface area contributed by atoms with Crippen molar-refractivity contribution in [2.24, 2.45) is 5.92 Å². The van der Waals surface area contributed by atoms with Crippen LogP contribution in [0.25, 0.3) is 5.76 Å². The Kier molecular flexibility index (Phi) is 7.87. The van der Waals surface area contributed by atoms with Crippen molar-refractivity contribution in [3.63, 3.8) is 0 Å². The van der Waals surface area contributed by atoms with Crippen molar-refractivity contribution in [3.8, 4) is 5.75 Å². The lowest BCUT2D eigenvalue weighted by molar-refractivity contribution is -0.858. The van der Waals surface area contributed by atoms with Crippen LogP contribution in [0, 0.1) is 12.8 Å². The first-order valence-electron chi connectivity index (χ1n) is 11.5. The number of ketones is 1. The molecule has 2 heterocycles. The van der Waals surface area contributed by atoms with Crippen LogP contribution in [0.1, 0.15) is 43.0 Å². The Bertz CT molecular complexity index is 1030. The Morgan fingerprint density at radius 1 is 1.24 bits per heavy atom. The van der Waals surface area contributed by atoms with Gasteiger partial charge in [-0.2, -0.15) is 0 Å². The van der Waals surface area contributed by atoms with Crippen LogP contribution in [0.15, 0.2) is 48.3 Å². The van der Waals surface area contributed by atoms with Crippen LogP contribution in [-0.4, -0.2) is 55.5 Å². The molecule has 176 valence electrons. The zero-order chi connectivity index (χ0) is 24.1. The number of ether oxygens (including phenoxy) is 1. The highest BCUT2D eigenvalue weighted by Crippen LogP contribution is 2.39. The van der Waals surface area contributed by atoms with Gasteiger partial charge in [-0.15, -0.1) is 0 Å². The SMILES string of the molecule is Cc1cc(C(O)=C2C(=O)C(=O)N(CCC[NH+](C)C)C2c2ccc[nH+]c2)ccc1OCC(C)C. The molecule has 1 fully saturated rings. The molecule has 0 spiro atoms. The number of nitrogens with zero attached hydrogens (tertiary/aromatic N) is 1. The fourth-order valence-corrected chi connectivity index (χ4v) is 4.01. The lowest BCUT2D eigenvalue weighted by Gasteiger charge is -2.24. The van der Waals surface area contributed by atoms with Gasteiger partial charge in [0.2, 0.25) is 0 Å². The highest BCUT2D eigenvalue weighted by Gasteiger charge is 2.46. The van der Waals surface area contributed by atoms with E-state index in [0.29, 0.717) is 24.6 Å². The summed E-state index contributed by atoms with van der Waals surface area (Å²) in [5, 5.41) is 11.2. The average Bonchev–Trinajstić information content (AvgIpc) is 3.03. The summed E-state index contributed by atoms with van der Waals surface area (Å²) >= 11 is 0. The molecule has 1 amide bonds. The molecule has 1 unspecified atom stereocenters. The third kappa shape index (κ3) is 5.60. The van der Waals surface area contributed by atoms with Crippen molar-refractivity contribution in [2.75, 3.05) is 33.8 Å². The maximum atomic E-state index is 13.1. The van der Waals surface area contributed by atoms with E-state index in [4.69, 9.17) is 4.74 Å². The molecule has 0 bridgehead atoms. The van der Waals surface area contributed by atoms with Gasteiger partial charge in [0.05, 0.1) is 38.9 Å². The van der Waals surface area contributed by atoms with Crippen LogP contribution in [-0.2, 0) is 9.59 Å². The van der Waals surface area contributed by atoms with Gasteiger partial charge in [0.25, 0.3) is 11.7 Å². The molecule has 1 aromatic heterocycles. The number of amides is 1. The second-order valence-electron chi connectivity index (χ2n) is 9.33. The molecule has 0 radical (unpaired) electrons. The number of aromatic amines is 1. The van der Waals surface area contributed by atoms with Gasteiger partial charge in [0, 0.05) is 30.2 Å². The normalized spacial score (nSPS) is 17.9. The molecule has 2 aromatic rings. The number of pyridine rings is 1. The highest BCUT2D eigenvalue weighted by molar-refractivity contribution is 6.46. The number of likely N-dealkylation sites (tertiary alicyclic amines) is 1. The molecule has 1 saturated heterocycles. The van der Waals surface area contributed by atoms with Crippen LogP contribution in [0.4, 0.5) is 0 Å². The zero-order valence-corrected chi connectivity index (χ0v) is 20.1. The van der Waals surface area contributed by atoms with Crippen LogP contribution in [0.2, 0.25) is 0 Å². The molecule has 3 rings (SSSR count). The number of hydrogen-bond donors (Lipinski definition) is 2. The Labute approximate surface area is 195 Å². The predicted octanol–water partition coefficient (Wildman–Crippen LogP) is 1.80. The molecular weight excluding hydrogens is 418 g/mol. The summed E-state index contributed by atoms with van der Waals surface area (Å²) in [6.07, 6.45) is 4.29. The summed E-state index contributed by atoms with van der Waals surface area (Å²) < 4.78 is 5.83. The molecule has 1 aromatic carbocycles. The second kappa shape index (κ2) is 10.6. The highest BCUT2D eigenvalue weighted by atomic mass is 16.5. The minimum absolute atomic E-state index is 0.118. The van der Waals surface area contributed by atoms with Crippen LogP contribution in [0.3, 0.4) is 0 Å². The van der Waals surface area contributed by atoms with Gasteiger partial charge in [-0.05, 0) is 42.7 Å². The molecule has 33 heavy (non-hydrogen) atoms. The van der Waals surface area contributed by atoms with Gasteiger partial charge in [-0.3, -0.25) is 9.59 Å². The minimum atomic E-state index is -0.656. The van der Waals surface area contributed by atoms with Crippen molar-refractivity contribution in [1.82, 2.24) is 4.90 Å². The van der Waals surface area contributed by atoms with Crippen molar-refractivity contribution >= 4 is 17.4 Å². The number of aliphatic hydroxyl groups excluding tert-OH is 1. The number of benzene rings is 1. The number of Topliss-reactive ketones (excluding diaryl/α,β-unsaturated/α-hetero) is 1. The number of aliphatic hydroxyl groups is 1. The van der Waals surface area contributed by atoms with E-state index in [1.807, 2.05) is 19.1 Å². The second-order valence-corrected chi connectivity index (χ2v) is 9.33. The predicted molar refractivity (Wildman–Crippen MR) is 126 cm³/mol. The van der Waals surface area contributed by atoms with E-state index in [9.17, 15) is 14.7 Å². The number of H-pyrrole nitrogens is 1. The Hall–Kier alpha value is -3.19. The fraction of sp³-hybridized carbons (Fsp3) is 0.423. The van der Waals surface area contributed by atoms with E-state index in [-0.39, 0.29) is 11.3 Å². The number of aryl methyl sites for hydroxylation is 1. The Balaban J connectivity index is 2.01. The van der Waals surface area contributed by atoms with Gasteiger partial charge in [0.15, 0.2) is 12.4 Å². The standard InChI is InChI=1S/C26H33N3O4/c1-17(2)16-33-21-10-9-19(14-18(21)3)24(30)22-23(20-8-6-11-27-15-20)29(26(32)25(22)31)13-7-12-28(4)5/h6,8-11,14-15,17,23,30H,7,12-13,16H2,1-5H3/p+2. The number of rotatable bonds is 9. The zero-order valence-electron chi connectivity index (χ0n) is 20.1. The maximum absolute atomic E-state index is 13.1.